The SMILES string of the molecule is CCCCC(=O)N=c1c(C(=O)OCC)cc2c(=O)n3ccccc3nc2n1CCOC. The van der Waals surface area contributed by atoms with Gasteiger partial charge in [0.25, 0.3) is 5.56 Å². The van der Waals surface area contributed by atoms with Gasteiger partial charge in [0.1, 0.15) is 16.9 Å². The van der Waals surface area contributed by atoms with Gasteiger partial charge in [-0.2, -0.15) is 4.99 Å². The molecule has 9 heteroatoms. The molecule has 31 heavy (non-hydrogen) atoms. The van der Waals surface area contributed by atoms with Gasteiger partial charge in [-0.25, -0.2) is 9.78 Å². The van der Waals surface area contributed by atoms with Gasteiger partial charge < -0.3 is 14.0 Å². The van der Waals surface area contributed by atoms with E-state index in [-0.39, 0.29) is 54.1 Å². The summed E-state index contributed by atoms with van der Waals surface area (Å²) in [5, 5.41) is 0.225. The minimum atomic E-state index is -0.657. The molecule has 0 bridgehead atoms. The number of esters is 1. The smallest absolute Gasteiger partial charge is 0.341 e. The number of pyridine rings is 2. The molecule has 0 aromatic carbocycles. The van der Waals surface area contributed by atoms with E-state index in [9.17, 15) is 14.4 Å². The standard InChI is InChI=1S/C22H26N4O5/c1-4-6-10-18(27)24-20-16(22(29)31-5-2)14-15-19(26(20)12-13-30-3)23-17-9-7-8-11-25(17)21(15)28/h7-9,11,14H,4-6,10,12-13H2,1-3H3. The first-order valence-electron chi connectivity index (χ1n) is 10.3. The highest BCUT2D eigenvalue weighted by Gasteiger charge is 2.19. The molecular formula is C22H26N4O5. The topological polar surface area (TPSA) is 104 Å². The zero-order valence-corrected chi connectivity index (χ0v) is 18.0. The monoisotopic (exact) mass is 426 g/mol. The maximum Gasteiger partial charge on any atom is 0.341 e. The Balaban J connectivity index is 2.43. The number of rotatable bonds is 8. The van der Waals surface area contributed by atoms with Crippen molar-refractivity contribution >= 4 is 28.6 Å². The van der Waals surface area contributed by atoms with E-state index >= 15 is 0 Å². The van der Waals surface area contributed by atoms with Crippen LogP contribution in [0, 0.1) is 0 Å². The van der Waals surface area contributed by atoms with Crippen molar-refractivity contribution in [1.82, 2.24) is 14.0 Å². The van der Waals surface area contributed by atoms with E-state index in [4.69, 9.17) is 9.47 Å². The highest BCUT2D eigenvalue weighted by molar-refractivity contribution is 5.93. The van der Waals surface area contributed by atoms with Crippen LogP contribution in [0.25, 0.3) is 16.7 Å². The zero-order chi connectivity index (χ0) is 22.4. The van der Waals surface area contributed by atoms with Gasteiger partial charge in [0.15, 0.2) is 5.49 Å². The van der Waals surface area contributed by atoms with Crippen LogP contribution in [-0.4, -0.2) is 46.2 Å². The lowest BCUT2D eigenvalue weighted by molar-refractivity contribution is -0.118. The molecule has 0 saturated carbocycles. The lowest BCUT2D eigenvalue weighted by Gasteiger charge is -2.14. The number of unbranched alkanes of at least 4 members (excludes halogenated alkanes) is 1. The molecule has 3 aromatic rings. The number of hydrogen-bond donors (Lipinski definition) is 0. The Kier molecular flexibility index (Phi) is 7.30. The molecule has 3 aromatic heterocycles. The molecule has 3 heterocycles. The quantitative estimate of drug-likeness (QED) is 0.404. The molecule has 3 rings (SSSR count). The van der Waals surface area contributed by atoms with E-state index in [0.717, 1.165) is 6.42 Å². The summed E-state index contributed by atoms with van der Waals surface area (Å²) < 4.78 is 13.4. The Labute approximate surface area is 179 Å². The van der Waals surface area contributed by atoms with Crippen molar-refractivity contribution in [2.24, 2.45) is 4.99 Å². The number of methoxy groups -OCH3 is 1. The summed E-state index contributed by atoms with van der Waals surface area (Å²) in [5.74, 6) is -1.01. The van der Waals surface area contributed by atoms with Gasteiger partial charge in [0.05, 0.1) is 18.6 Å². The Morgan fingerprint density at radius 3 is 2.74 bits per heavy atom. The van der Waals surface area contributed by atoms with Gasteiger partial charge in [0.2, 0.25) is 5.91 Å². The van der Waals surface area contributed by atoms with Crippen LogP contribution in [0.4, 0.5) is 0 Å². The largest absolute Gasteiger partial charge is 0.462 e. The molecular weight excluding hydrogens is 400 g/mol. The lowest BCUT2D eigenvalue weighted by atomic mass is 10.2. The van der Waals surface area contributed by atoms with Crippen molar-refractivity contribution in [2.75, 3.05) is 20.3 Å². The zero-order valence-electron chi connectivity index (χ0n) is 18.0. The molecule has 0 N–H and O–H groups in total. The van der Waals surface area contributed by atoms with Crippen LogP contribution in [0.3, 0.4) is 0 Å². The van der Waals surface area contributed by atoms with Gasteiger partial charge in [-0.05, 0) is 31.5 Å². The van der Waals surface area contributed by atoms with Crippen molar-refractivity contribution in [3.8, 4) is 0 Å². The number of fused-ring (bicyclic) bond motifs is 2. The fraction of sp³-hybridized carbons (Fsp3) is 0.409. The summed E-state index contributed by atoms with van der Waals surface area (Å²) in [6, 6.07) is 6.63. The second kappa shape index (κ2) is 10.1. The van der Waals surface area contributed by atoms with Crippen LogP contribution in [0.5, 0.6) is 0 Å². The fourth-order valence-electron chi connectivity index (χ4n) is 3.25. The van der Waals surface area contributed by atoms with E-state index in [1.165, 1.54) is 10.5 Å². The molecule has 164 valence electrons. The third-order valence-electron chi connectivity index (χ3n) is 4.78. The predicted octanol–water partition coefficient (Wildman–Crippen LogP) is 2.09. The Hall–Kier alpha value is -3.33. The van der Waals surface area contributed by atoms with Crippen molar-refractivity contribution < 1.29 is 19.1 Å². The first kappa shape index (κ1) is 22.4. The van der Waals surface area contributed by atoms with Gasteiger partial charge in [0, 0.05) is 26.3 Å². The van der Waals surface area contributed by atoms with Crippen LogP contribution in [0.2, 0.25) is 0 Å². The van der Waals surface area contributed by atoms with E-state index in [1.54, 1.807) is 43.0 Å². The van der Waals surface area contributed by atoms with Crippen molar-refractivity contribution in [3.63, 3.8) is 0 Å². The van der Waals surface area contributed by atoms with Crippen LogP contribution < -0.4 is 11.0 Å². The van der Waals surface area contributed by atoms with Crippen molar-refractivity contribution in [1.29, 1.82) is 0 Å². The molecule has 0 unspecified atom stereocenters. The molecule has 0 saturated heterocycles. The van der Waals surface area contributed by atoms with E-state index in [1.807, 2.05) is 6.92 Å². The number of carbonyl (C=O) groups excluding carboxylic acids is 2. The van der Waals surface area contributed by atoms with Gasteiger partial charge in [-0.3, -0.25) is 14.0 Å². The van der Waals surface area contributed by atoms with Crippen LogP contribution in [-0.2, 0) is 20.8 Å². The number of aromatic nitrogens is 3. The second-order valence-electron chi connectivity index (χ2n) is 6.94. The fourth-order valence-corrected chi connectivity index (χ4v) is 3.25. The second-order valence-corrected chi connectivity index (χ2v) is 6.94. The molecule has 0 atom stereocenters. The van der Waals surface area contributed by atoms with Gasteiger partial charge in [-0.15, -0.1) is 0 Å². The molecule has 0 spiro atoms. The Morgan fingerprint density at radius 1 is 1.23 bits per heavy atom. The van der Waals surface area contributed by atoms with E-state index < -0.39 is 5.97 Å². The summed E-state index contributed by atoms with van der Waals surface area (Å²) in [5.41, 5.74) is 0.601. The average Bonchev–Trinajstić information content (AvgIpc) is 2.77. The maximum atomic E-state index is 13.2. The summed E-state index contributed by atoms with van der Waals surface area (Å²) in [6.07, 6.45) is 3.40. The normalized spacial score (nSPS) is 11.9. The third kappa shape index (κ3) is 4.72. The number of hydrogen-bond acceptors (Lipinski definition) is 6. The Morgan fingerprint density at radius 2 is 2.03 bits per heavy atom. The first-order chi connectivity index (χ1) is 15.0. The Bertz CT molecular complexity index is 1240. The van der Waals surface area contributed by atoms with E-state index in [0.29, 0.717) is 17.7 Å². The van der Waals surface area contributed by atoms with Crippen LogP contribution in [0.15, 0.2) is 40.2 Å². The van der Waals surface area contributed by atoms with Crippen LogP contribution in [0.1, 0.15) is 43.5 Å². The highest BCUT2D eigenvalue weighted by atomic mass is 16.5. The average molecular weight is 426 g/mol. The molecule has 0 radical (unpaired) electrons. The summed E-state index contributed by atoms with van der Waals surface area (Å²) in [4.78, 5) is 47.2. The van der Waals surface area contributed by atoms with Crippen molar-refractivity contribution in [3.05, 3.63) is 51.9 Å². The minimum Gasteiger partial charge on any atom is -0.462 e. The molecule has 0 aliphatic rings. The summed E-state index contributed by atoms with van der Waals surface area (Å²) >= 11 is 0. The van der Waals surface area contributed by atoms with Crippen LogP contribution >= 0.6 is 0 Å². The number of ether oxygens (including phenoxy) is 2. The van der Waals surface area contributed by atoms with Gasteiger partial charge >= 0.3 is 5.97 Å². The molecule has 0 fully saturated rings. The summed E-state index contributed by atoms with van der Waals surface area (Å²) in [7, 11) is 1.54. The number of amides is 1. The molecule has 9 nitrogen and oxygen atoms in total. The number of carbonyl (C=O) groups is 2. The first-order valence-corrected chi connectivity index (χ1v) is 10.3. The number of nitrogens with zero attached hydrogens (tertiary/aromatic N) is 4. The summed E-state index contributed by atoms with van der Waals surface area (Å²) in [6.45, 7) is 4.33. The van der Waals surface area contributed by atoms with E-state index in [2.05, 4.69) is 9.98 Å². The third-order valence-corrected chi connectivity index (χ3v) is 4.78. The minimum absolute atomic E-state index is 0.0464. The molecule has 0 aliphatic carbocycles. The molecule has 1 amide bonds. The highest BCUT2D eigenvalue weighted by Crippen LogP contribution is 2.12. The van der Waals surface area contributed by atoms with Crippen molar-refractivity contribution in [2.45, 2.75) is 39.7 Å². The van der Waals surface area contributed by atoms with Gasteiger partial charge in [-0.1, -0.05) is 19.4 Å². The molecule has 0 aliphatic heterocycles. The predicted molar refractivity (Wildman–Crippen MR) is 115 cm³/mol. The lowest BCUT2D eigenvalue weighted by Crippen LogP contribution is -2.33. The maximum absolute atomic E-state index is 13.2.